The van der Waals surface area contributed by atoms with Gasteiger partial charge in [0.1, 0.15) is 11.6 Å². The molecule has 0 spiro atoms. The molecule has 20 heavy (non-hydrogen) atoms. The number of esters is 1. The minimum absolute atomic E-state index is 0.215. The van der Waals surface area contributed by atoms with E-state index in [9.17, 15) is 13.2 Å². The summed E-state index contributed by atoms with van der Waals surface area (Å²) in [5, 5.41) is 0. The molecule has 1 aliphatic heterocycles. The topological polar surface area (TPSA) is 75.7 Å². The molecule has 1 aliphatic rings. The molecule has 0 aromatic carbocycles. The van der Waals surface area contributed by atoms with E-state index in [4.69, 9.17) is 4.74 Å². The average molecular weight is 306 g/mol. The van der Waals surface area contributed by atoms with E-state index in [1.807, 2.05) is 13.8 Å². The fourth-order valence-corrected chi connectivity index (χ4v) is 3.59. The first-order valence-corrected chi connectivity index (χ1v) is 8.46. The number of carbonyl (C=O) groups is 1. The van der Waals surface area contributed by atoms with Crippen LogP contribution < -0.4 is 4.72 Å². The third-order valence-corrected chi connectivity index (χ3v) is 4.45. The van der Waals surface area contributed by atoms with E-state index in [1.165, 1.54) is 4.31 Å². The summed E-state index contributed by atoms with van der Waals surface area (Å²) in [5.41, 5.74) is -0.611. The van der Waals surface area contributed by atoms with Crippen molar-refractivity contribution in [1.82, 2.24) is 9.03 Å². The number of ether oxygens (including phenoxy) is 1. The number of hydrogen-bond donors (Lipinski definition) is 1. The normalized spacial score (nSPS) is 21.4. The van der Waals surface area contributed by atoms with Gasteiger partial charge in [-0.2, -0.15) is 12.7 Å². The molecule has 1 heterocycles. The average Bonchev–Trinajstić information content (AvgIpc) is 2.73. The molecular formula is C13H26N2O4S. The van der Waals surface area contributed by atoms with Crippen LogP contribution in [0.1, 0.15) is 47.5 Å². The molecule has 0 radical (unpaired) electrons. The Morgan fingerprint density at radius 2 is 2.00 bits per heavy atom. The number of nitrogens with one attached hydrogen (secondary N) is 1. The largest absolute Gasteiger partial charge is 0.459 e. The number of carbonyl (C=O) groups excluding carboxylic acids is 1. The van der Waals surface area contributed by atoms with Crippen LogP contribution in [0.2, 0.25) is 0 Å². The molecule has 118 valence electrons. The van der Waals surface area contributed by atoms with Crippen LogP contribution in [-0.2, 0) is 19.7 Å². The Bertz CT molecular complexity index is 440. The first-order chi connectivity index (χ1) is 9.03. The van der Waals surface area contributed by atoms with E-state index >= 15 is 0 Å². The van der Waals surface area contributed by atoms with Crippen molar-refractivity contribution in [2.75, 3.05) is 13.1 Å². The first-order valence-electron chi connectivity index (χ1n) is 7.02. The van der Waals surface area contributed by atoms with Crippen molar-refractivity contribution in [3.8, 4) is 0 Å². The first kappa shape index (κ1) is 17.4. The molecule has 1 rings (SSSR count). The third kappa shape index (κ3) is 5.03. The molecular weight excluding hydrogens is 280 g/mol. The van der Waals surface area contributed by atoms with Gasteiger partial charge in [0.25, 0.3) is 10.2 Å². The van der Waals surface area contributed by atoms with Crippen LogP contribution in [0.15, 0.2) is 0 Å². The zero-order valence-corrected chi connectivity index (χ0v) is 13.8. The Hall–Kier alpha value is -0.660. The Morgan fingerprint density at radius 3 is 2.50 bits per heavy atom. The van der Waals surface area contributed by atoms with Gasteiger partial charge in [0.05, 0.1) is 0 Å². The molecule has 0 unspecified atom stereocenters. The van der Waals surface area contributed by atoms with Crippen LogP contribution >= 0.6 is 0 Å². The summed E-state index contributed by atoms with van der Waals surface area (Å²) in [5.74, 6) is -0.253. The zero-order valence-electron chi connectivity index (χ0n) is 13.0. The van der Waals surface area contributed by atoms with E-state index in [-0.39, 0.29) is 5.92 Å². The molecule has 6 nitrogen and oxygen atoms in total. The van der Waals surface area contributed by atoms with Crippen LogP contribution in [0.3, 0.4) is 0 Å². The van der Waals surface area contributed by atoms with Crippen molar-refractivity contribution in [3.63, 3.8) is 0 Å². The molecule has 1 fully saturated rings. The lowest BCUT2D eigenvalue weighted by molar-refractivity contribution is -0.158. The smallest absolute Gasteiger partial charge is 0.325 e. The number of hydrogen-bond acceptors (Lipinski definition) is 4. The fraction of sp³-hybridized carbons (Fsp3) is 0.923. The minimum Gasteiger partial charge on any atom is -0.459 e. The van der Waals surface area contributed by atoms with E-state index in [0.717, 1.165) is 0 Å². The van der Waals surface area contributed by atoms with Crippen LogP contribution in [0, 0.1) is 5.92 Å². The molecule has 1 atom stereocenters. The Kier molecular flexibility index (Phi) is 5.57. The van der Waals surface area contributed by atoms with Gasteiger partial charge in [-0.3, -0.25) is 4.79 Å². The molecule has 0 aromatic heterocycles. The second-order valence-electron chi connectivity index (χ2n) is 6.55. The van der Waals surface area contributed by atoms with Gasteiger partial charge in [-0.25, -0.2) is 4.72 Å². The summed E-state index contributed by atoms with van der Waals surface area (Å²) in [6.45, 7) is 9.90. The van der Waals surface area contributed by atoms with Gasteiger partial charge in [-0.05, 0) is 39.5 Å². The number of rotatable bonds is 5. The molecule has 7 heteroatoms. The standard InChI is InChI=1S/C13H26N2O4S/c1-10(2)9-14-20(17,18)15-8-6-7-11(15)12(16)19-13(3,4)5/h10-11,14H,6-9H2,1-5H3/t11-/m0/s1. The van der Waals surface area contributed by atoms with Gasteiger partial charge in [0, 0.05) is 13.1 Å². The maximum absolute atomic E-state index is 12.2. The lowest BCUT2D eigenvalue weighted by atomic mass is 10.2. The molecule has 0 amide bonds. The SMILES string of the molecule is CC(C)CNS(=O)(=O)N1CCC[C@H]1C(=O)OC(C)(C)C. The summed E-state index contributed by atoms with van der Waals surface area (Å²) in [4.78, 5) is 12.1. The highest BCUT2D eigenvalue weighted by Gasteiger charge is 2.40. The van der Waals surface area contributed by atoms with Gasteiger partial charge in [0.2, 0.25) is 0 Å². The van der Waals surface area contributed by atoms with E-state index in [1.54, 1.807) is 20.8 Å². The minimum atomic E-state index is -3.62. The Balaban J connectivity index is 2.76. The molecule has 0 aromatic rings. The van der Waals surface area contributed by atoms with Crippen LogP contribution in [0.25, 0.3) is 0 Å². The van der Waals surface area contributed by atoms with Crippen molar-refractivity contribution in [2.45, 2.75) is 59.1 Å². The van der Waals surface area contributed by atoms with E-state index in [0.29, 0.717) is 25.9 Å². The molecule has 0 saturated carbocycles. The van der Waals surface area contributed by atoms with Crippen LogP contribution in [-0.4, -0.2) is 43.4 Å². The Morgan fingerprint density at radius 1 is 1.40 bits per heavy atom. The molecule has 1 N–H and O–H groups in total. The summed E-state index contributed by atoms with van der Waals surface area (Å²) >= 11 is 0. The number of nitrogens with zero attached hydrogens (tertiary/aromatic N) is 1. The molecule has 0 aliphatic carbocycles. The van der Waals surface area contributed by atoms with Crippen molar-refractivity contribution >= 4 is 16.2 Å². The quantitative estimate of drug-likeness (QED) is 0.776. The Labute approximate surface area is 122 Å². The van der Waals surface area contributed by atoms with Gasteiger partial charge < -0.3 is 4.74 Å². The van der Waals surface area contributed by atoms with Crippen molar-refractivity contribution in [1.29, 1.82) is 0 Å². The zero-order chi connectivity index (χ0) is 15.6. The van der Waals surface area contributed by atoms with Gasteiger partial charge in [0.15, 0.2) is 0 Å². The predicted octanol–water partition coefficient (Wildman–Crippen LogP) is 1.28. The highest BCUT2D eigenvalue weighted by atomic mass is 32.2. The predicted molar refractivity (Wildman–Crippen MR) is 77.3 cm³/mol. The maximum Gasteiger partial charge on any atom is 0.325 e. The van der Waals surface area contributed by atoms with Gasteiger partial charge in [-0.15, -0.1) is 0 Å². The summed E-state index contributed by atoms with van der Waals surface area (Å²) in [6.07, 6.45) is 1.18. The van der Waals surface area contributed by atoms with E-state index in [2.05, 4.69) is 4.72 Å². The second kappa shape index (κ2) is 6.41. The lowest BCUT2D eigenvalue weighted by Crippen LogP contribution is -2.48. The van der Waals surface area contributed by atoms with Gasteiger partial charge >= 0.3 is 5.97 Å². The van der Waals surface area contributed by atoms with E-state index < -0.39 is 27.8 Å². The van der Waals surface area contributed by atoms with Crippen molar-refractivity contribution < 1.29 is 17.9 Å². The highest BCUT2D eigenvalue weighted by Crippen LogP contribution is 2.23. The maximum atomic E-state index is 12.2. The monoisotopic (exact) mass is 306 g/mol. The molecule has 0 bridgehead atoms. The fourth-order valence-electron chi connectivity index (χ4n) is 1.99. The third-order valence-electron chi connectivity index (χ3n) is 2.87. The van der Waals surface area contributed by atoms with Crippen molar-refractivity contribution in [3.05, 3.63) is 0 Å². The summed E-state index contributed by atoms with van der Waals surface area (Å²) in [7, 11) is -3.62. The van der Waals surface area contributed by atoms with Crippen LogP contribution in [0.5, 0.6) is 0 Å². The van der Waals surface area contributed by atoms with Crippen LogP contribution in [0.4, 0.5) is 0 Å². The second-order valence-corrected chi connectivity index (χ2v) is 8.26. The van der Waals surface area contributed by atoms with Crippen molar-refractivity contribution in [2.24, 2.45) is 5.92 Å². The lowest BCUT2D eigenvalue weighted by Gasteiger charge is -2.27. The van der Waals surface area contributed by atoms with Gasteiger partial charge in [-0.1, -0.05) is 13.8 Å². The summed E-state index contributed by atoms with van der Waals surface area (Å²) < 4.78 is 33.5. The highest BCUT2D eigenvalue weighted by molar-refractivity contribution is 7.87. The molecule has 1 saturated heterocycles. The summed E-state index contributed by atoms with van der Waals surface area (Å²) in [6, 6.07) is -0.709.